The van der Waals surface area contributed by atoms with Crippen LogP contribution in [0.5, 0.6) is 0 Å². The molecule has 0 aliphatic heterocycles. The van der Waals surface area contributed by atoms with Crippen molar-refractivity contribution in [2.24, 2.45) is 5.73 Å². The molecule has 0 aromatic heterocycles. The molecule has 9 N–H and O–H groups in total. The highest BCUT2D eigenvalue weighted by molar-refractivity contribution is 5.75. The van der Waals surface area contributed by atoms with E-state index in [1.54, 1.807) is 0 Å². The molecular formula is C2H11AlNO5. The van der Waals surface area contributed by atoms with E-state index >= 15 is 0 Å². The lowest BCUT2D eigenvalue weighted by atomic mass is 10.7. The van der Waals surface area contributed by atoms with Crippen molar-refractivity contribution in [2.75, 3.05) is 6.54 Å². The normalized spacial score (nSPS) is 4.11. The zero-order chi connectivity index (χ0) is 4.28. The van der Waals surface area contributed by atoms with Gasteiger partial charge >= 0.3 is 5.97 Å². The lowest BCUT2D eigenvalue weighted by Gasteiger charge is -1.73. The molecule has 57 valence electrons. The summed E-state index contributed by atoms with van der Waals surface area (Å²) in [5.74, 6) is -0.968. The zero-order valence-electron chi connectivity index (χ0n) is 4.72. The second kappa shape index (κ2) is 24.9. The van der Waals surface area contributed by atoms with Gasteiger partial charge in [0.25, 0.3) is 0 Å². The monoisotopic (exact) mass is 156 g/mol. The molecule has 0 saturated heterocycles. The fourth-order valence-electron chi connectivity index (χ4n) is 0. The van der Waals surface area contributed by atoms with Gasteiger partial charge in [-0.3, -0.25) is 4.79 Å². The van der Waals surface area contributed by atoms with Crippen molar-refractivity contribution in [1.82, 2.24) is 0 Å². The van der Waals surface area contributed by atoms with E-state index in [0.29, 0.717) is 0 Å². The van der Waals surface area contributed by atoms with Gasteiger partial charge in [-0.25, -0.2) is 0 Å². The molecule has 0 aromatic rings. The van der Waals surface area contributed by atoms with Crippen molar-refractivity contribution < 1.29 is 26.3 Å². The fourth-order valence-corrected chi connectivity index (χ4v) is 0. The van der Waals surface area contributed by atoms with Crippen LogP contribution in [0.4, 0.5) is 0 Å². The highest BCUT2D eigenvalue weighted by atomic mass is 27.0. The van der Waals surface area contributed by atoms with Gasteiger partial charge in [0.2, 0.25) is 0 Å². The van der Waals surface area contributed by atoms with Gasteiger partial charge in [-0.05, 0) is 0 Å². The number of aliphatic carboxylic acids is 1. The molecule has 0 amide bonds. The van der Waals surface area contributed by atoms with Gasteiger partial charge in [0.15, 0.2) is 0 Å². The quantitative estimate of drug-likeness (QED) is 0.373. The lowest BCUT2D eigenvalue weighted by molar-refractivity contribution is -0.135. The van der Waals surface area contributed by atoms with Crippen LogP contribution < -0.4 is 5.73 Å². The minimum Gasteiger partial charge on any atom is -0.480 e. The van der Waals surface area contributed by atoms with Gasteiger partial charge in [-0.2, -0.15) is 0 Å². The van der Waals surface area contributed by atoms with Crippen molar-refractivity contribution in [2.45, 2.75) is 0 Å². The summed E-state index contributed by atoms with van der Waals surface area (Å²) in [4.78, 5) is 9.24. The molecule has 0 unspecified atom stereocenters. The fraction of sp³-hybridized carbons (Fsp3) is 0.500. The molecular weight excluding hydrogens is 145 g/mol. The van der Waals surface area contributed by atoms with Crippen molar-refractivity contribution >= 4 is 23.3 Å². The summed E-state index contributed by atoms with van der Waals surface area (Å²) in [6.07, 6.45) is 0. The predicted molar refractivity (Wildman–Crippen MR) is 33.3 cm³/mol. The van der Waals surface area contributed by atoms with Crippen LogP contribution in [0.25, 0.3) is 0 Å². The third-order valence-corrected chi connectivity index (χ3v) is 0.175. The molecule has 7 heteroatoms. The maximum absolute atomic E-state index is 9.24. The van der Waals surface area contributed by atoms with Crippen LogP contribution in [-0.4, -0.2) is 51.4 Å². The number of nitrogens with two attached hydrogens (primary N) is 1. The molecule has 6 nitrogen and oxygen atoms in total. The first-order valence-corrected chi connectivity index (χ1v) is 1.19. The van der Waals surface area contributed by atoms with Crippen LogP contribution >= 0.6 is 0 Å². The smallest absolute Gasteiger partial charge is 0.317 e. The van der Waals surface area contributed by atoms with Crippen molar-refractivity contribution in [3.63, 3.8) is 0 Å². The Kier molecular flexibility index (Phi) is 102. The highest BCUT2D eigenvalue weighted by Gasteiger charge is 1.81. The molecule has 0 bridgehead atoms. The van der Waals surface area contributed by atoms with Gasteiger partial charge in [0.05, 0.1) is 6.54 Å². The zero-order valence-corrected chi connectivity index (χ0v) is 5.87. The summed E-state index contributed by atoms with van der Waals surface area (Å²) in [7, 11) is 0. The third-order valence-electron chi connectivity index (χ3n) is 0.175. The average molecular weight is 156 g/mol. The second-order valence-corrected chi connectivity index (χ2v) is 0.598. The predicted octanol–water partition coefficient (Wildman–Crippen LogP) is -3.83. The molecule has 0 fully saturated rings. The summed E-state index contributed by atoms with van der Waals surface area (Å²) >= 11 is 0. The number of carboxylic acids is 1. The van der Waals surface area contributed by atoms with E-state index in [1.165, 1.54) is 0 Å². The SMILES string of the molecule is NCC(=O)O.O.O.O.[Al]. The molecule has 0 aliphatic carbocycles. The molecule has 3 radical (unpaired) electrons. The summed E-state index contributed by atoms with van der Waals surface area (Å²) in [5, 5.41) is 7.60. The molecule has 0 spiro atoms. The Labute approximate surface area is 62.7 Å². The summed E-state index contributed by atoms with van der Waals surface area (Å²) in [6, 6.07) is 0. The minimum atomic E-state index is -0.968. The van der Waals surface area contributed by atoms with Crippen LogP contribution in [0.15, 0.2) is 0 Å². The van der Waals surface area contributed by atoms with Crippen LogP contribution in [0.2, 0.25) is 0 Å². The Morgan fingerprint density at radius 3 is 1.44 bits per heavy atom. The minimum absolute atomic E-state index is 0. The van der Waals surface area contributed by atoms with Crippen molar-refractivity contribution in [3.8, 4) is 0 Å². The number of rotatable bonds is 1. The van der Waals surface area contributed by atoms with E-state index in [-0.39, 0.29) is 40.3 Å². The Balaban J connectivity index is -0.0000000133. The van der Waals surface area contributed by atoms with Crippen LogP contribution in [0, 0.1) is 0 Å². The maximum atomic E-state index is 9.24. The maximum Gasteiger partial charge on any atom is 0.317 e. The largest absolute Gasteiger partial charge is 0.480 e. The second-order valence-electron chi connectivity index (χ2n) is 0.598. The van der Waals surface area contributed by atoms with Crippen molar-refractivity contribution in [1.29, 1.82) is 0 Å². The molecule has 0 rings (SSSR count). The van der Waals surface area contributed by atoms with E-state index in [0.717, 1.165) is 0 Å². The first-order chi connectivity index (χ1) is 2.27. The molecule has 0 atom stereocenters. The van der Waals surface area contributed by atoms with Crippen LogP contribution in [-0.2, 0) is 4.79 Å². The number of carbonyl (C=O) groups is 1. The summed E-state index contributed by atoms with van der Waals surface area (Å²) in [6.45, 7) is -0.278. The van der Waals surface area contributed by atoms with Gasteiger partial charge in [-0.15, -0.1) is 0 Å². The van der Waals surface area contributed by atoms with Crippen LogP contribution in [0.1, 0.15) is 0 Å². The molecule has 0 aromatic carbocycles. The Hall–Kier alpha value is -0.158. The Bertz CT molecular complexity index is 50.2. The third kappa shape index (κ3) is 78.9. The first kappa shape index (κ1) is 36.8. The van der Waals surface area contributed by atoms with E-state index in [9.17, 15) is 4.79 Å². The molecule has 0 aliphatic rings. The lowest BCUT2D eigenvalue weighted by Crippen LogP contribution is -2.10. The Morgan fingerprint density at radius 2 is 1.44 bits per heavy atom. The average Bonchev–Trinajstić information content (AvgIpc) is 1.38. The molecule has 0 saturated carbocycles. The standard InChI is InChI=1S/C2H5NO2.Al.3H2O/c3-1-2(4)5;;;;/h1,3H2,(H,4,5);;3*1H2. The van der Waals surface area contributed by atoms with Gasteiger partial charge in [0.1, 0.15) is 0 Å². The highest BCUT2D eigenvalue weighted by Crippen LogP contribution is 1.43. The van der Waals surface area contributed by atoms with E-state index in [4.69, 9.17) is 5.11 Å². The van der Waals surface area contributed by atoms with E-state index in [1.807, 2.05) is 0 Å². The summed E-state index contributed by atoms with van der Waals surface area (Å²) in [5.41, 5.74) is 4.57. The molecule has 0 heterocycles. The first-order valence-electron chi connectivity index (χ1n) is 1.19. The van der Waals surface area contributed by atoms with Crippen LogP contribution in [0.3, 0.4) is 0 Å². The van der Waals surface area contributed by atoms with E-state index in [2.05, 4.69) is 5.73 Å². The van der Waals surface area contributed by atoms with Gasteiger partial charge < -0.3 is 27.3 Å². The number of hydrogen-bond donors (Lipinski definition) is 2. The Morgan fingerprint density at radius 1 is 1.33 bits per heavy atom. The molecule has 9 heavy (non-hydrogen) atoms. The summed E-state index contributed by atoms with van der Waals surface area (Å²) < 4.78 is 0. The number of hydrogen-bond acceptors (Lipinski definition) is 2. The van der Waals surface area contributed by atoms with Gasteiger partial charge in [0, 0.05) is 17.4 Å². The van der Waals surface area contributed by atoms with Crippen molar-refractivity contribution in [3.05, 3.63) is 0 Å². The van der Waals surface area contributed by atoms with E-state index < -0.39 is 5.97 Å². The number of carboxylic acid groups (broad SMARTS) is 1. The van der Waals surface area contributed by atoms with Gasteiger partial charge in [-0.1, -0.05) is 0 Å². The topological polar surface area (TPSA) is 158 Å².